The molecule has 0 fully saturated rings. The lowest BCUT2D eigenvalue weighted by molar-refractivity contribution is 0.242. The van der Waals surface area contributed by atoms with Crippen LogP contribution < -0.4 is 15.4 Å². The van der Waals surface area contributed by atoms with Gasteiger partial charge in [-0.1, -0.05) is 19.8 Å². The summed E-state index contributed by atoms with van der Waals surface area (Å²) in [5, 5.41) is 6.62. The first-order valence-corrected chi connectivity index (χ1v) is 8.70. The molecule has 0 aliphatic heterocycles. The van der Waals surface area contributed by atoms with Crippen molar-refractivity contribution >= 4 is 17.5 Å². The molecule has 0 unspecified atom stereocenters. The van der Waals surface area contributed by atoms with Crippen LogP contribution in [0.4, 0.5) is 17.5 Å². The molecular formula is C19H28N4O. The zero-order chi connectivity index (χ0) is 17.4. The minimum absolute atomic E-state index is 0.176. The van der Waals surface area contributed by atoms with Crippen LogP contribution >= 0.6 is 0 Å². The number of aromatic nitrogens is 2. The van der Waals surface area contributed by atoms with Gasteiger partial charge in [0.15, 0.2) is 0 Å². The molecule has 5 nitrogen and oxygen atoms in total. The summed E-state index contributed by atoms with van der Waals surface area (Å²) in [7, 11) is 0. The van der Waals surface area contributed by atoms with E-state index in [0.717, 1.165) is 35.9 Å². The molecule has 0 aliphatic carbocycles. The van der Waals surface area contributed by atoms with E-state index in [0.29, 0.717) is 5.95 Å². The lowest BCUT2D eigenvalue weighted by atomic mass is 10.2. The quantitative estimate of drug-likeness (QED) is 0.640. The van der Waals surface area contributed by atoms with E-state index in [9.17, 15) is 0 Å². The normalized spacial score (nSPS) is 10.7. The van der Waals surface area contributed by atoms with Crippen LogP contribution in [0.25, 0.3) is 0 Å². The smallest absolute Gasteiger partial charge is 0.224 e. The summed E-state index contributed by atoms with van der Waals surface area (Å²) in [6, 6.07) is 9.84. The first-order valence-electron chi connectivity index (χ1n) is 8.70. The SMILES string of the molecule is CCCCCNc1nc(C)cc(Nc2ccc(OC(C)C)cc2)n1. The molecule has 0 amide bonds. The Bertz CT molecular complexity index is 626. The van der Waals surface area contributed by atoms with Crippen molar-refractivity contribution in [2.75, 3.05) is 17.2 Å². The van der Waals surface area contributed by atoms with E-state index in [4.69, 9.17) is 4.74 Å². The summed E-state index contributed by atoms with van der Waals surface area (Å²) in [6.45, 7) is 9.11. The molecule has 5 heteroatoms. The Morgan fingerprint density at radius 2 is 1.83 bits per heavy atom. The van der Waals surface area contributed by atoms with Gasteiger partial charge < -0.3 is 15.4 Å². The lowest BCUT2D eigenvalue weighted by Gasteiger charge is -2.12. The van der Waals surface area contributed by atoms with Crippen molar-refractivity contribution in [1.82, 2.24) is 9.97 Å². The summed E-state index contributed by atoms with van der Waals surface area (Å²) in [5.41, 5.74) is 1.91. The molecule has 130 valence electrons. The number of benzene rings is 1. The summed E-state index contributed by atoms with van der Waals surface area (Å²) in [5.74, 6) is 2.33. The van der Waals surface area contributed by atoms with E-state index in [2.05, 4.69) is 27.5 Å². The van der Waals surface area contributed by atoms with Crippen LogP contribution in [0.3, 0.4) is 0 Å². The van der Waals surface area contributed by atoms with E-state index in [1.165, 1.54) is 12.8 Å². The van der Waals surface area contributed by atoms with Crippen molar-refractivity contribution in [3.8, 4) is 5.75 Å². The van der Waals surface area contributed by atoms with Gasteiger partial charge in [0.2, 0.25) is 5.95 Å². The second-order valence-electron chi connectivity index (χ2n) is 6.17. The van der Waals surface area contributed by atoms with Crippen LogP contribution in [-0.4, -0.2) is 22.6 Å². The molecule has 2 N–H and O–H groups in total. The standard InChI is InChI=1S/C19H28N4O/c1-5-6-7-12-20-19-21-15(4)13-18(23-19)22-16-8-10-17(11-9-16)24-14(2)3/h8-11,13-14H,5-7,12H2,1-4H3,(H2,20,21,22,23). The summed E-state index contributed by atoms with van der Waals surface area (Å²) in [6.07, 6.45) is 3.73. The maximum absolute atomic E-state index is 5.66. The van der Waals surface area contributed by atoms with Crippen molar-refractivity contribution in [3.05, 3.63) is 36.0 Å². The molecule has 24 heavy (non-hydrogen) atoms. The monoisotopic (exact) mass is 328 g/mol. The molecule has 0 radical (unpaired) electrons. The molecule has 0 spiro atoms. The third-order valence-corrected chi connectivity index (χ3v) is 3.42. The predicted molar refractivity (Wildman–Crippen MR) is 100 cm³/mol. The maximum Gasteiger partial charge on any atom is 0.224 e. The zero-order valence-electron chi connectivity index (χ0n) is 15.1. The van der Waals surface area contributed by atoms with E-state index in [1.807, 2.05) is 51.1 Å². The summed E-state index contributed by atoms with van der Waals surface area (Å²) in [4.78, 5) is 8.97. The predicted octanol–water partition coefficient (Wildman–Crippen LogP) is 4.92. The van der Waals surface area contributed by atoms with Crippen LogP contribution in [0.1, 0.15) is 45.7 Å². The Balaban J connectivity index is 1.99. The minimum Gasteiger partial charge on any atom is -0.491 e. The van der Waals surface area contributed by atoms with Gasteiger partial charge in [-0.05, 0) is 51.5 Å². The average Bonchev–Trinajstić information content (AvgIpc) is 2.52. The van der Waals surface area contributed by atoms with Gasteiger partial charge >= 0.3 is 0 Å². The van der Waals surface area contributed by atoms with E-state index >= 15 is 0 Å². The molecule has 1 heterocycles. The number of aryl methyl sites for hydroxylation is 1. The molecule has 2 aromatic rings. The highest BCUT2D eigenvalue weighted by molar-refractivity contribution is 5.58. The fourth-order valence-electron chi connectivity index (χ4n) is 2.32. The van der Waals surface area contributed by atoms with Gasteiger partial charge in [-0.25, -0.2) is 4.98 Å². The molecule has 1 aromatic carbocycles. The lowest BCUT2D eigenvalue weighted by Crippen LogP contribution is -2.07. The van der Waals surface area contributed by atoms with Gasteiger partial charge in [0.05, 0.1) is 6.10 Å². The van der Waals surface area contributed by atoms with Crippen molar-refractivity contribution in [1.29, 1.82) is 0 Å². The molecular weight excluding hydrogens is 300 g/mol. The molecule has 0 bridgehead atoms. The number of unbranched alkanes of at least 4 members (excludes halogenated alkanes) is 2. The van der Waals surface area contributed by atoms with E-state index in [1.54, 1.807) is 0 Å². The second-order valence-corrected chi connectivity index (χ2v) is 6.17. The minimum atomic E-state index is 0.176. The largest absolute Gasteiger partial charge is 0.491 e. The van der Waals surface area contributed by atoms with Gasteiger partial charge in [0.1, 0.15) is 11.6 Å². The molecule has 0 saturated heterocycles. The van der Waals surface area contributed by atoms with Crippen LogP contribution in [0.2, 0.25) is 0 Å². The van der Waals surface area contributed by atoms with Crippen LogP contribution in [0, 0.1) is 6.92 Å². The Hall–Kier alpha value is -2.30. The molecule has 0 aliphatic rings. The van der Waals surface area contributed by atoms with E-state index < -0.39 is 0 Å². The van der Waals surface area contributed by atoms with Crippen molar-refractivity contribution < 1.29 is 4.74 Å². The number of anilines is 3. The first kappa shape index (κ1) is 18.0. The highest BCUT2D eigenvalue weighted by atomic mass is 16.5. The van der Waals surface area contributed by atoms with Crippen molar-refractivity contribution in [3.63, 3.8) is 0 Å². The fraction of sp³-hybridized carbons (Fsp3) is 0.474. The Kier molecular flexibility index (Phi) is 6.85. The van der Waals surface area contributed by atoms with Crippen LogP contribution in [0.15, 0.2) is 30.3 Å². The Labute approximate surface area is 144 Å². The third kappa shape index (κ3) is 6.07. The summed E-state index contributed by atoms with van der Waals surface area (Å²) < 4.78 is 5.66. The second kappa shape index (κ2) is 9.11. The van der Waals surface area contributed by atoms with Crippen molar-refractivity contribution in [2.24, 2.45) is 0 Å². The maximum atomic E-state index is 5.66. The number of hydrogen-bond acceptors (Lipinski definition) is 5. The first-order chi connectivity index (χ1) is 11.6. The molecule has 0 saturated carbocycles. The zero-order valence-corrected chi connectivity index (χ0v) is 15.1. The van der Waals surface area contributed by atoms with Gasteiger partial charge in [0.25, 0.3) is 0 Å². The van der Waals surface area contributed by atoms with Gasteiger partial charge in [0, 0.05) is 24.0 Å². The Morgan fingerprint density at radius 1 is 1.08 bits per heavy atom. The molecule has 2 rings (SSSR count). The van der Waals surface area contributed by atoms with Crippen molar-refractivity contribution in [2.45, 2.75) is 53.1 Å². The molecule has 0 atom stereocenters. The van der Waals surface area contributed by atoms with Gasteiger partial charge in [-0.15, -0.1) is 0 Å². The van der Waals surface area contributed by atoms with Gasteiger partial charge in [-0.3, -0.25) is 0 Å². The van der Waals surface area contributed by atoms with Crippen LogP contribution in [-0.2, 0) is 0 Å². The Morgan fingerprint density at radius 3 is 2.50 bits per heavy atom. The highest BCUT2D eigenvalue weighted by Crippen LogP contribution is 2.20. The number of ether oxygens (including phenoxy) is 1. The highest BCUT2D eigenvalue weighted by Gasteiger charge is 2.03. The number of nitrogens with zero attached hydrogens (tertiary/aromatic N) is 2. The average molecular weight is 328 g/mol. The number of rotatable bonds is 9. The number of nitrogens with one attached hydrogen (secondary N) is 2. The fourth-order valence-corrected chi connectivity index (χ4v) is 2.32. The summed E-state index contributed by atoms with van der Waals surface area (Å²) >= 11 is 0. The van der Waals surface area contributed by atoms with Crippen LogP contribution in [0.5, 0.6) is 5.75 Å². The van der Waals surface area contributed by atoms with E-state index in [-0.39, 0.29) is 6.10 Å². The topological polar surface area (TPSA) is 59.1 Å². The number of hydrogen-bond donors (Lipinski definition) is 2. The third-order valence-electron chi connectivity index (χ3n) is 3.42. The molecule has 1 aromatic heterocycles. The van der Waals surface area contributed by atoms with Gasteiger partial charge in [-0.2, -0.15) is 4.98 Å².